The molecule has 0 radical (unpaired) electrons. The molecular weight excluding hydrogens is 443 g/mol. The Kier molecular flexibility index (Phi) is 6.33. The number of Topliss-reactive ketones (excluding diaryl/α,β-unsaturated/α-hetero) is 1. The Morgan fingerprint density at radius 3 is 2.19 bits per heavy atom. The zero-order valence-corrected chi connectivity index (χ0v) is 18.7. The van der Waals surface area contributed by atoms with Crippen LogP contribution >= 0.6 is 11.8 Å². The van der Waals surface area contributed by atoms with E-state index in [2.05, 4.69) is 0 Å². The predicted octanol–water partition coefficient (Wildman–Crippen LogP) is 5.82. The van der Waals surface area contributed by atoms with Gasteiger partial charge in [0.1, 0.15) is 5.75 Å². The Morgan fingerprint density at radius 1 is 1.06 bits per heavy atom. The van der Waals surface area contributed by atoms with Gasteiger partial charge in [0.05, 0.1) is 18.7 Å². The second kappa shape index (κ2) is 8.54. The molecule has 1 aliphatic heterocycles. The Bertz CT molecular complexity index is 1070. The van der Waals surface area contributed by atoms with Gasteiger partial charge in [0.25, 0.3) is 5.91 Å². The van der Waals surface area contributed by atoms with E-state index in [9.17, 15) is 27.9 Å². The minimum atomic E-state index is -4.45. The molecule has 0 bridgehead atoms. The quantitative estimate of drug-likeness (QED) is 0.564. The third-order valence-electron chi connectivity index (χ3n) is 4.92. The first-order chi connectivity index (χ1) is 14.8. The average Bonchev–Trinajstić information content (AvgIpc) is 2.97. The minimum Gasteiger partial charge on any atom is -0.503 e. The van der Waals surface area contributed by atoms with Crippen molar-refractivity contribution < 1.29 is 32.6 Å². The Hall–Kier alpha value is -2.94. The number of nitrogens with zero attached hydrogens (tertiary/aromatic N) is 1. The van der Waals surface area contributed by atoms with Crippen LogP contribution in [0, 0.1) is 5.41 Å². The van der Waals surface area contributed by atoms with Crippen LogP contribution in [0.2, 0.25) is 0 Å². The number of anilines is 1. The van der Waals surface area contributed by atoms with Gasteiger partial charge in [0, 0.05) is 21.6 Å². The molecule has 0 saturated carbocycles. The number of carbonyl (C=O) groups is 2. The zero-order chi connectivity index (χ0) is 23.8. The number of ether oxygens (including phenoxy) is 1. The Balaban J connectivity index is 2.15. The highest BCUT2D eigenvalue weighted by molar-refractivity contribution is 8.00. The van der Waals surface area contributed by atoms with E-state index < -0.39 is 34.4 Å². The van der Waals surface area contributed by atoms with Crippen molar-refractivity contribution in [1.82, 2.24) is 0 Å². The Labute approximate surface area is 187 Å². The van der Waals surface area contributed by atoms with E-state index in [1.807, 2.05) is 0 Å². The summed E-state index contributed by atoms with van der Waals surface area (Å²) in [6.45, 7) is 5.02. The van der Waals surface area contributed by atoms with E-state index in [4.69, 9.17) is 4.74 Å². The fourth-order valence-electron chi connectivity index (χ4n) is 3.50. The molecule has 1 atom stereocenters. The van der Waals surface area contributed by atoms with Gasteiger partial charge in [-0.2, -0.15) is 13.2 Å². The number of aliphatic hydroxyl groups excluding tert-OH is 1. The van der Waals surface area contributed by atoms with Crippen molar-refractivity contribution in [2.45, 2.75) is 37.2 Å². The van der Waals surface area contributed by atoms with Crippen LogP contribution in [-0.2, 0) is 9.59 Å². The van der Waals surface area contributed by atoms with Gasteiger partial charge in [0.2, 0.25) is 0 Å². The number of alkyl halides is 3. The molecule has 1 amide bonds. The molecule has 1 aliphatic rings. The molecule has 2 aromatic carbocycles. The first kappa shape index (κ1) is 23.7. The lowest BCUT2D eigenvalue weighted by atomic mass is 9.82. The fraction of sp³-hybridized carbons (Fsp3) is 0.304. The summed E-state index contributed by atoms with van der Waals surface area (Å²) >= 11 is -0.272. The molecule has 9 heteroatoms. The fourth-order valence-corrected chi connectivity index (χ4v) is 4.04. The van der Waals surface area contributed by atoms with Crippen molar-refractivity contribution >= 4 is 29.1 Å². The summed E-state index contributed by atoms with van der Waals surface area (Å²) in [4.78, 5) is 27.5. The molecule has 0 aliphatic carbocycles. The van der Waals surface area contributed by atoms with Gasteiger partial charge in [-0.25, -0.2) is 0 Å². The highest BCUT2D eigenvalue weighted by Gasteiger charge is 2.47. The average molecular weight is 465 g/mol. The van der Waals surface area contributed by atoms with E-state index in [-0.39, 0.29) is 27.9 Å². The lowest BCUT2D eigenvalue weighted by molar-refractivity contribution is -0.123. The van der Waals surface area contributed by atoms with Crippen molar-refractivity contribution in [1.29, 1.82) is 0 Å². The van der Waals surface area contributed by atoms with Crippen LogP contribution in [-0.4, -0.2) is 29.4 Å². The van der Waals surface area contributed by atoms with Crippen LogP contribution in [0.3, 0.4) is 0 Å². The number of amides is 1. The number of benzene rings is 2. The second-order valence-corrected chi connectivity index (χ2v) is 9.34. The van der Waals surface area contributed by atoms with E-state index in [1.54, 1.807) is 45.0 Å². The number of halogens is 3. The van der Waals surface area contributed by atoms with Crippen molar-refractivity contribution in [3.05, 3.63) is 65.4 Å². The molecule has 1 unspecified atom stereocenters. The first-order valence-corrected chi connectivity index (χ1v) is 10.5. The van der Waals surface area contributed by atoms with Crippen molar-refractivity contribution in [2.24, 2.45) is 5.41 Å². The molecule has 1 N–H and O–H groups in total. The molecule has 32 heavy (non-hydrogen) atoms. The third-order valence-corrected chi connectivity index (χ3v) is 5.66. The van der Waals surface area contributed by atoms with Gasteiger partial charge in [-0.3, -0.25) is 14.5 Å². The monoisotopic (exact) mass is 465 g/mol. The van der Waals surface area contributed by atoms with Crippen LogP contribution in [0.5, 0.6) is 5.75 Å². The summed E-state index contributed by atoms with van der Waals surface area (Å²) < 4.78 is 43.5. The zero-order valence-electron chi connectivity index (χ0n) is 17.9. The molecule has 0 aromatic heterocycles. The molecule has 3 rings (SSSR count). The number of ketones is 1. The van der Waals surface area contributed by atoms with Crippen LogP contribution in [0.4, 0.5) is 18.9 Å². The predicted molar refractivity (Wildman–Crippen MR) is 116 cm³/mol. The van der Waals surface area contributed by atoms with Crippen molar-refractivity contribution in [2.75, 3.05) is 12.0 Å². The molecule has 0 fully saturated rings. The van der Waals surface area contributed by atoms with Gasteiger partial charge >= 0.3 is 5.51 Å². The summed E-state index contributed by atoms with van der Waals surface area (Å²) in [5.74, 6) is -1.53. The molecule has 0 saturated heterocycles. The maximum absolute atomic E-state index is 13.2. The first-order valence-electron chi connectivity index (χ1n) is 9.65. The molecule has 0 spiro atoms. The summed E-state index contributed by atoms with van der Waals surface area (Å²) in [6, 6.07) is 10.9. The maximum atomic E-state index is 13.2. The van der Waals surface area contributed by atoms with Crippen LogP contribution in [0.1, 0.15) is 32.4 Å². The smallest absolute Gasteiger partial charge is 0.446 e. The number of para-hydroxylation sites is 1. The van der Waals surface area contributed by atoms with E-state index in [0.717, 1.165) is 0 Å². The topological polar surface area (TPSA) is 66.8 Å². The minimum absolute atomic E-state index is 0.0510. The SMILES string of the molecule is COc1ccccc1C1C(C(=O)C(C)(C)C)=C(O)C(=O)N1c1ccc(SC(F)(F)F)cc1. The number of hydrogen-bond donors (Lipinski definition) is 1. The standard InChI is InChI=1S/C23H22F3NO4S/c1-22(2,3)20(29)17-18(15-7-5-6-8-16(15)31-4)27(21(30)19(17)28)13-9-11-14(12-10-13)32-23(24,25)26/h5-12,18,28H,1-4H3. The number of aliphatic hydroxyl groups is 1. The van der Waals surface area contributed by atoms with E-state index >= 15 is 0 Å². The molecular formula is C23H22F3NO4S. The molecule has 5 nitrogen and oxygen atoms in total. The van der Waals surface area contributed by atoms with Crippen molar-refractivity contribution in [3.8, 4) is 5.75 Å². The van der Waals surface area contributed by atoms with Gasteiger partial charge < -0.3 is 9.84 Å². The van der Waals surface area contributed by atoms with Crippen LogP contribution < -0.4 is 9.64 Å². The summed E-state index contributed by atoms with van der Waals surface area (Å²) in [7, 11) is 1.44. The largest absolute Gasteiger partial charge is 0.503 e. The number of rotatable bonds is 5. The second-order valence-electron chi connectivity index (χ2n) is 8.20. The van der Waals surface area contributed by atoms with Gasteiger partial charge in [-0.15, -0.1) is 0 Å². The van der Waals surface area contributed by atoms with Gasteiger partial charge in [-0.1, -0.05) is 39.0 Å². The number of thioether (sulfide) groups is 1. The number of methoxy groups -OCH3 is 1. The summed E-state index contributed by atoms with van der Waals surface area (Å²) in [5.41, 5.74) is -4.72. The van der Waals surface area contributed by atoms with Gasteiger partial charge in [-0.05, 0) is 42.1 Å². The number of carbonyl (C=O) groups excluding carboxylic acids is 2. The highest BCUT2D eigenvalue weighted by Crippen LogP contribution is 2.46. The third kappa shape index (κ3) is 4.62. The van der Waals surface area contributed by atoms with Crippen molar-refractivity contribution in [3.63, 3.8) is 0 Å². The summed E-state index contributed by atoms with van der Waals surface area (Å²) in [6.07, 6.45) is 0. The lowest BCUT2D eigenvalue weighted by Crippen LogP contribution is -2.33. The van der Waals surface area contributed by atoms with E-state index in [1.165, 1.54) is 36.3 Å². The lowest BCUT2D eigenvalue weighted by Gasteiger charge is -2.30. The maximum Gasteiger partial charge on any atom is 0.446 e. The molecule has 1 heterocycles. The summed E-state index contributed by atoms with van der Waals surface area (Å²) in [5, 5.41) is 10.7. The molecule has 170 valence electrons. The highest BCUT2D eigenvalue weighted by atomic mass is 32.2. The Morgan fingerprint density at radius 2 is 1.66 bits per heavy atom. The van der Waals surface area contributed by atoms with E-state index in [0.29, 0.717) is 11.3 Å². The van der Waals surface area contributed by atoms with Gasteiger partial charge in [0.15, 0.2) is 11.5 Å². The van der Waals surface area contributed by atoms with Crippen LogP contribution in [0.25, 0.3) is 0 Å². The normalized spacial score (nSPS) is 17.2. The van der Waals surface area contributed by atoms with Crippen LogP contribution in [0.15, 0.2) is 64.8 Å². The number of hydrogen-bond acceptors (Lipinski definition) is 5. The molecule has 2 aromatic rings.